The van der Waals surface area contributed by atoms with Crippen LogP contribution in [0.2, 0.25) is 0 Å². The topological polar surface area (TPSA) is 97.2 Å². The number of aromatic nitrogens is 3. The lowest BCUT2D eigenvalue weighted by Gasteiger charge is -2.30. The van der Waals surface area contributed by atoms with Gasteiger partial charge in [0.2, 0.25) is 15.9 Å². The first-order valence-electron chi connectivity index (χ1n) is 10.9. The van der Waals surface area contributed by atoms with E-state index in [0.717, 1.165) is 12.1 Å². The third kappa shape index (κ3) is 5.71. The number of carbonyl (C=O) groups is 1. The van der Waals surface area contributed by atoms with Crippen LogP contribution in [0.25, 0.3) is 5.82 Å². The molecule has 1 fully saturated rings. The third-order valence-corrected chi connectivity index (χ3v) is 7.53. The molecular weight excluding hydrogens is 414 g/mol. The molecular formula is C22H33N5O3S. The molecule has 3 rings (SSSR count). The fraction of sp³-hybridized carbons (Fsp3) is 0.591. The molecule has 0 aliphatic carbocycles. The number of anilines is 1. The standard InChI is InChI=1S/C22H33N5O3S/c1-5-6-15-31(29,30)26-13-10-17(11-14-26)21(28)24-20-16-18(22(2,3)4)25-27(20)19-9-7-8-12-23-19/h7-9,12,16-17H,5-6,10-11,13-15H2,1-4H3,(H,24,28). The van der Waals surface area contributed by atoms with Crippen LogP contribution in [-0.2, 0) is 20.2 Å². The summed E-state index contributed by atoms with van der Waals surface area (Å²) in [6.45, 7) is 8.95. The summed E-state index contributed by atoms with van der Waals surface area (Å²) in [5, 5.41) is 7.69. The highest BCUT2D eigenvalue weighted by atomic mass is 32.2. The Morgan fingerprint density at radius 2 is 1.94 bits per heavy atom. The highest BCUT2D eigenvalue weighted by molar-refractivity contribution is 7.89. The predicted octanol–water partition coefficient (Wildman–Crippen LogP) is 3.35. The van der Waals surface area contributed by atoms with Crippen LogP contribution in [-0.4, -0.2) is 52.2 Å². The summed E-state index contributed by atoms with van der Waals surface area (Å²) in [5.74, 6) is 1.04. The molecule has 0 bridgehead atoms. The fourth-order valence-electron chi connectivity index (χ4n) is 3.57. The van der Waals surface area contributed by atoms with Crippen molar-refractivity contribution in [2.24, 2.45) is 5.92 Å². The lowest BCUT2D eigenvalue weighted by molar-refractivity contribution is -0.120. The number of piperidine rings is 1. The van der Waals surface area contributed by atoms with Crippen LogP contribution < -0.4 is 5.32 Å². The minimum atomic E-state index is -3.23. The minimum absolute atomic E-state index is 0.108. The van der Waals surface area contributed by atoms with Gasteiger partial charge in [-0.15, -0.1) is 0 Å². The summed E-state index contributed by atoms with van der Waals surface area (Å²) in [6, 6.07) is 7.44. The Hall–Kier alpha value is -2.26. The Kier molecular flexibility index (Phi) is 7.16. The van der Waals surface area contributed by atoms with Crippen LogP contribution >= 0.6 is 0 Å². The Balaban J connectivity index is 1.72. The molecule has 1 aliphatic heterocycles. The summed E-state index contributed by atoms with van der Waals surface area (Å²) in [7, 11) is -3.23. The summed E-state index contributed by atoms with van der Waals surface area (Å²) < 4.78 is 28.0. The van der Waals surface area contributed by atoms with E-state index in [1.54, 1.807) is 10.9 Å². The first kappa shape index (κ1) is 23.4. The van der Waals surface area contributed by atoms with E-state index >= 15 is 0 Å². The van der Waals surface area contributed by atoms with Crippen LogP contribution in [0, 0.1) is 5.92 Å². The van der Waals surface area contributed by atoms with Crippen molar-refractivity contribution >= 4 is 21.7 Å². The van der Waals surface area contributed by atoms with Crippen molar-refractivity contribution in [1.82, 2.24) is 19.1 Å². The second-order valence-electron chi connectivity index (χ2n) is 9.10. The number of carbonyl (C=O) groups excluding carboxylic acids is 1. The molecule has 1 amide bonds. The van der Waals surface area contributed by atoms with E-state index < -0.39 is 10.0 Å². The van der Waals surface area contributed by atoms with Crippen molar-refractivity contribution in [3.05, 3.63) is 36.2 Å². The van der Waals surface area contributed by atoms with Crippen molar-refractivity contribution < 1.29 is 13.2 Å². The average Bonchev–Trinajstić information content (AvgIpc) is 3.17. The maximum atomic E-state index is 13.0. The zero-order valence-corrected chi connectivity index (χ0v) is 19.7. The molecule has 1 saturated heterocycles. The van der Waals surface area contributed by atoms with Crippen LogP contribution in [0.1, 0.15) is 59.1 Å². The molecule has 0 aromatic carbocycles. The van der Waals surface area contributed by atoms with Crippen molar-refractivity contribution in [3.63, 3.8) is 0 Å². The van der Waals surface area contributed by atoms with Crippen LogP contribution in [0.4, 0.5) is 5.82 Å². The smallest absolute Gasteiger partial charge is 0.228 e. The van der Waals surface area contributed by atoms with Gasteiger partial charge in [-0.3, -0.25) is 4.79 Å². The maximum absolute atomic E-state index is 13.0. The Morgan fingerprint density at radius 3 is 2.52 bits per heavy atom. The van der Waals surface area contributed by atoms with E-state index in [-0.39, 0.29) is 23.0 Å². The molecule has 0 spiro atoms. The van der Waals surface area contributed by atoms with Crippen molar-refractivity contribution in [2.75, 3.05) is 24.2 Å². The molecule has 8 nitrogen and oxygen atoms in total. The van der Waals surface area contributed by atoms with Gasteiger partial charge in [-0.2, -0.15) is 9.78 Å². The molecule has 2 aromatic heterocycles. The van der Waals surface area contributed by atoms with E-state index in [9.17, 15) is 13.2 Å². The number of hydrogen-bond acceptors (Lipinski definition) is 5. The zero-order valence-electron chi connectivity index (χ0n) is 18.8. The number of pyridine rings is 1. The summed E-state index contributed by atoms with van der Waals surface area (Å²) in [5.41, 5.74) is 0.669. The third-order valence-electron chi connectivity index (χ3n) is 5.57. The van der Waals surface area contributed by atoms with Gasteiger partial charge in [-0.25, -0.2) is 17.7 Å². The minimum Gasteiger partial charge on any atom is -0.310 e. The zero-order chi connectivity index (χ0) is 22.6. The van der Waals surface area contributed by atoms with Gasteiger partial charge in [0.25, 0.3) is 0 Å². The Morgan fingerprint density at radius 1 is 1.23 bits per heavy atom. The SMILES string of the molecule is CCCCS(=O)(=O)N1CCC(C(=O)Nc2cc(C(C)(C)C)nn2-c2ccccn2)CC1. The van der Waals surface area contributed by atoms with Gasteiger partial charge in [-0.1, -0.05) is 40.2 Å². The molecule has 0 radical (unpaired) electrons. The fourth-order valence-corrected chi connectivity index (χ4v) is 5.25. The van der Waals surface area contributed by atoms with E-state index in [2.05, 4.69) is 36.2 Å². The number of rotatable bonds is 7. The predicted molar refractivity (Wildman–Crippen MR) is 122 cm³/mol. The largest absolute Gasteiger partial charge is 0.310 e. The van der Waals surface area contributed by atoms with E-state index in [4.69, 9.17) is 0 Å². The van der Waals surface area contributed by atoms with Gasteiger partial charge in [0, 0.05) is 36.7 Å². The monoisotopic (exact) mass is 447 g/mol. The van der Waals surface area contributed by atoms with Gasteiger partial charge in [-0.05, 0) is 31.4 Å². The van der Waals surface area contributed by atoms with Crippen molar-refractivity contribution in [3.8, 4) is 5.82 Å². The number of nitrogens with zero attached hydrogens (tertiary/aromatic N) is 4. The number of hydrogen-bond donors (Lipinski definition) is 1. The molecule has 31 heavy (non-hydrogen) atoms. The van der Waals surface area contributed by atoms with E-state index in [1.807, 2.05) is 31.2 Å². The Bertz CT molecular complexity index is 988. The van der Waals surface area contributed by atoms with Crippen molar-refractivity contribution in [1.29, 1.82) is 0 Å². The second-order valence-corrected chi connectivity index (χ2v) is 11.2. The van der Waals surface area contributed by atoms with Crippen molar-refractivity contribution in [2.45, 2.75) is 58.8 Å². The molecule has 1 N–H and O–H groups in total. The number of amides is 1. The average molecular weight is 448 g/mol. The first-order valence-corrected chi connectivity index (χ1v) is 12.5. The molecule has 2 aromatic rings. The van der Waals surface area contributed by atoms with Crippen LogP contribution in [0.5, 0.6) is 0 Å². The number of sulfonamides is 1. The van der Waals surface area contributed by atoms with Gasteiger partial charge in [0.15, 0.2) is 5.82 Å². The normalized spacial score (nSPS) is 16.4. The van der Waals surface area contributed by atoms with Gasteiger partial charge >= 0.3 is 0 Å². The molecule has 3 heterocycles. The van der Waals surface area contributed by atoms with Crippen LogP contribution in [0.3, 0.4) is 0 Å². The van der Waals surface area contributed by atoms with E-state index in [0.29, 0.717) is 44.0 Å². The molecule has 170 valence electrons. The molecule has 9 heteroatoms. The van der Waals surface area contributed by atoms with Gasteiger partial charge in [0.1, 0.15) is 5.82 Å². The summed E-state index contributed by atoms with van der Waals surface area (Å²) in [4.78, 5) is 17.4. The number of unbranched alkanes of at least 4 members (excludes halogenated alkanes) is 1. The maximum Gasteiger partial charge on any atom is 0.228 e. The molecule has 0 saturated carbocycles. The van der Waals surface area contributed by atoms with E-state index in [1.165, 1.54) is 4.31 Å². The molecule has 1 aliphatic rings. The summed E-state index contributed by atoms with van der Waals surface area (Å²) >= 11 is 0. The Labute approximate surface area is 185 Å². The molecule has 0 atom stereocenters. The lowest BCUT2D eigenvalue weighted by atomic mass is 9.92. The lowest BCUT2D eigenvalue weighted by Crippen LogP contribution is -2.42. The molecule has 0 unspecified atom stereocenters. The van der Waals surface area contributed by atoms with Gasteiger partial charge < -0.3 is 5.32 Å². The first-order chi connectivity index (χ1) is 14.6. The quantitative estimate of drug-likeness (QED) is 0.702. The number of nitrogens with one attached hydrogen (secondary N) is 1. The highest BCUT2D eigenvalue weighted by Crippen LogP contribution is 2.27. The van der Waals surface area contributed by atoms with Crippen LogP contribution in [0.15, 0.2) is 30.5 Å². The summed E-state index contributed by atoms with van der Waals surface area (Å²) in [6.07, 6.45) is 4.23. The second kappa shape index (κ2) is 9.48. The van der Waals surface area contributed by atoms with Gasteiger partial charge in [0.05, 0.1) is 11.4 Å². The highest BCUT2D eigenvalue weighted by Gasteiger charge is 2.31.